The van der Waals surface area contributed by atoms with Crippen LogP contribution in [-0.4, -0.2) is 6.04 Å². The van der Waals surface area contributed by atoms with Gasteiger partial charge in [0.05, 0.1) is 6.54 Å². The van der Waals surface area contributed by atoms with Crippen LogP contribution in [-0.2, 0) is 6.54 Å². The predicted octanol–water partition coefficient (Wildman–Crippen LogP) is 3.50. The molecule has 1 heterocycles. The molecule has 2 nitrogen and oxygen atoms in total. The number of hydrogen-bond acceptors (Lipinski definition) is 2. The highest BCUT2D eigenvalue weighted by Gasteiger charge is 2.04. The van der Waals surface area contributed by atoms with Crippen molar-refractivity contribution in [3.8, 4) is 0 Å². The van der Waals surface area contributed by atoms with Crippen molar-refractivity contribution in [1.29, 1.82) is 0 Å². The molecule has 0 saturated heterocycles. The molecule has 0 aromatic carbocycles. The molecule has 0 bridgehead atoms. The van der Waals surface area contributed by atoms with Crippen LogP contribution >= 0.6 is 0 Å². The van der Waals surface area contributed by atoms with Crippen molar-refractivity contribution in [1.82, 2.24) is 5.32 Å². The summed E-state index contributed by atoms with van der Waals surface area (Å²) in [6.45, 7) is 9.59. The minimum atomic E-state index is 0.567. The van der Waals surface area contributed by atoms with Crippen LogP contribution in [0.25, 0.3) is 0 Å². The molecule has 0 aliphatic carbocycles. The van der Waals surface area contributed by atoms with Gasteiger partial charge in [0.1, 0.15) is 11.5 Å². The van der Waals surface area contributed by atoms with Crippen molar-refractivity contribution in [3.05, 3.63) is 23.7 Å². The van der Waals surface area contributed by atoms with E-state index in [1.165, 1.54) is 12.8 Å². The summed E-state index contributed by atoms with van der Waals surface area (Å²) in [4.78, 5) is 0. The SMILES string of the molecule is Cc1ccc(CNC(C)CCC(C)C)o1. The molecule has 86 valence electrons. The molecule has 2 heteroatoms. The van der Waals surface area contributed by atoms with Crippen LogP contribution in [0.3, 0.4) is 0 Å². The second-order valence-electron chi connectivity index (χ2n) is 4.77. The van der Waals surface area contributed by atoms with Gasteiger partial charge in [-0.3, -0.25) is 0 Å². The van der Waals surface area contributed by atoms with Crippen LogP contribution in [0.4, 0.5) is 0 Å². The Balaban J connectivity index is 2.19. The lowest BCUT2D eigenvalue weighted by atomic mass is 10.0. The molecule has 1 atom stereocenters. The fraction of sp³-hybridized carbons (Fsp3) is 0.692. The van der Waals surface area contributed by atoms with E-state index in [1.54, 1.807) is 0 Å². The molecule has 0 saturated carbocycles. The molecule has 0 radical (unpaired) electrons. The Morgan fingerprint density at radius 2 is 1.93 bits per heavy atom. The van der Waals surface area contributed by atoms with Gasteiger partial charge < -0.3 is 9.73 Å². The number of rotatable bonds is 6. The average Bonchev–Trinajstić information content (AvgIpc) is 2.58. The molecular formula is C13H23NO. The Hall–Kier alpha value is -0.760. The van der Waals surface area contributed by atoms with Crippen molar-refractivity contribution in [2.75, 3.05) is 0 Å². The monoisotopic (exact) mass is 209 g/mol. The topological polar surface area (TPSA) is 25.2 Å². The van der Waals surface area contributed by atoms with Crippen LogP contribution in [0, 0.1) is 12.8 Å². The highest BCUT2D eigenvalue weighted by Crippen LogP contribution is 2.09. The van der Waals surface area contributed by atoms with E-state index in [9.17, 15) is 0 Å². The summed E-state index contributed by atoms with van der Waals surface area (Å²) >= 11 is 0. The highest BCUT2D eigenvalue weighted by molar-refractivity contribution is 5.05. The summed E-state index contributed by atoms with van der Waals surface area (Å²) in [6.07, 6.45) is 2.52. The van der Waals surface area contributed by atoms with Gasteiger partial charge in [0.2, 0.25) is 0 Å². The Labute approximate surface area is 93.1 Å². The van der Waals surface area contributed by atoms with Crippen LogP contribution in [0.5, 0.6) is 0 Å². The first kappa shape index (κ1) is 12.3. The van der Waals surface area contributed by atoms with Crippen molar-refractivity contribution in [2.45, 2.75) is 53.1 Å². The molecule has 0 amide bonds. The quantitative estimate of drug-likeness (QED) is 0.775. The van der Waals surface area contributed by atoms with E-state index in [-0.39, 0.29) is 0 Å². The summed E-state index contributed by atoms with van der Waals surface area (Å²) in [5.41, 5.74) is 0. The maximum absolute atomic E-state index is 5.50. The number of furan rings is 1. The van der Waals surface area contributed by atoms with Gasteiger partial charge in [0.15, 0.2) is 0 Å². The van der Waals surface area contributed by atoms with Gasteiger partial charge >= 0.3 is 0 Å². The molecule has 0 aliphatic heterocycles. The fourth-order valence-corrected chi connectivity index (χ4v) is 1.54. The van der Waals surface area contributed by atoms with E-state index in [0.29, 0.717) is 6.04 Å². The van der Waals surface area contributed by atoms with E-state index in [2.05, 4.69) is 26.1 Å². The lowest BCUT2D eigenvalue weighted by Gasteiger charge is -2.13. The lowest BCUT2D eigenvalue weighted by Crippen LogP contribution is -2.25. The first-order valence-corrected chi connectivity index (χ1v) is 5.86. The van der Waals surface area contributed by atoms with Crippen LogP contribution in [0.1, 0.15) is 45.1 Å². The second kappa shape index (κ2) is 5.96. The van der Waals surface area contributed by atoms with Crippen LogP contribution in [0.15, 0.2) is 16.5 Å². The van der Waals surface area contributed by atoms with Crippen molar-refractivity contribution in [3.63, 3.8) is 0 Å². The van der Waals surface area contributed by atoms with E-state index in [0.717, 1.165) is 24.0 Å². The average molecular weight is 209 g/mol. The normalized spacial score (nSPS) is 13.4. The Morgan fingerprint density at radius 1 is 1.20 bits per heavy atom. The largest absolute Gasteiger partial charge is 0.465 e. The molecule has 0 aliphatic rings. The van der Waals surface area contributed by atoms with Gasteiger partial charge in [-0.2, -0.15) is 0 Å². The molecule has 1 aromatic rings. The van der Waals surface area contributed by atoms with E-state index < -0.39 is 0 Å². The minimum Gasteiger partial charge on any atom is -0.465 e. The van der Waals surface area contributed by atoms with Crippen LogP contribution in [0.2, 0.25) is 0 Å². The van der Waals surface area contributed by atoms with Gasteiger partial charge in [-0.1, -0.05) is 13.8 Å². The van der Waals surface area contributed by atoms with Crippen molar-refractivity contribution in [2.24, 2.45) is 5.92 Å². The summed E-state index contributed by atoms with van der Waals surface area (Å²) in [5, 5.41) is 3.47. The number of hydrogen-bond donors (Lipinski definition) is 1. The van der Waals surface area contributed by atoms with Crippen LogP contribution < -0.4 is 5.32 Å². The summed E-state index contributed by atoms with van der Waals surface area (Å²) in [7, 11) is 0. The fourth-order valence-electron chi connectivity index (χ4n) is 1.54. The van der Waals surface area contributed by atoms with Gasteiger partial charge in [-0.05, 0) is 44.7 Å². The Kier molecular flexibility index (Phi) is 4.89. The smallest absolute Gasteiger partial charge is 0.117 e. The second-order valence-corrected chi connectivity index (χ2v) is 4.77. The third kappa shape index (κ3) is 5.03. The minimum absolute atomic E-state index is 0.567. The molecule has 1 rings (SSSR count). The molecular weight excluding hydrogens is 186 g/mol. The van der Waals surface area contributed by atoms with Gasteiger partial charge in [0, 0.05) is 6.04 Å². The summed E-state index contributed by atoms with van der Waals surface area (Å²) < 4.78 is 5.50. The zero-order valence-electron chi connectivity index (χ0n) is 10.3. The maximum atomic E-state index is 5.50. The molecule has 1 N–H and O–H groups in total. The Morgan fingerprint density at radius 3 is 2.47 bits per heavy atom. The highest BCUT2D eigenvalue weighted by atomic mass is 16.3. The standard InChI is InChI=1S/C13H23NO/c1-10(2)5-6-11(3)14-9-13-8-7-12(4)15-13/h7-8,10-11,14H,5-6,9H2,1-4H3. The van der Waals surface area contributed by atoms with E-state index in [4.69, 9.17) is 4.42 Å². The molecule has 0 fully saturated rings. The zero-order chi connectivity index (χ0) is 11.3. The van der Waals surface area contributed by atoms with Crippen molar-refractivity contribution >= 4 is 0 Å². The lowest BCUT2D eigenvalue weighted by molar-refractivity contribution is 0.411. The third-order valence-electron chi connectivity index (χ3n) is 2.60. The van der Waals surface area contributed by atoms with Crippen molar-refractivity contribution < 1.29 is 4.42 Å². The predicted molar refractivity (Wildman–Crippen MR) is 63.8 cm³/mol. The molecule has 15 heavy (non-hydrogen) atoms. The summed E-state index contributed by atoms with van der Waals surface area (Å²) in [6, 6.07) is 4.62. The summed E-state index contributed by atoms with van der Waals surface area (Å²) in [5.74, 6) is 2.81. The number of nitrogens with one attached hydrogen (secondary N) is 1. The first-order valence-electron chi connectivity index (χ1n) is 5.86. The van der Waals surface area contributed by atoms with Gasteiger partial charge in [0.25, 0.3) is 0 Å². The van der Waals surface area contributed by atoms with E-state index >= 15 is 0 Å². The third-order valence-corrected chi connectivity index (χ3v) is 2.60. The number of aryl methyl sites for hydroxylation is 1. The Bertz CT molecular complexity index is 278. The maximum Gasteiger partial charge on any atom is 0.117 e. The van der Waals surface area contributed by atoms with Gasteiger partial charge in [-0.15, -0.1) is 0 Å². The molecule has 0 spiro atoms. The van der Waals surface area contributed by atoms with Gasteiger partial charge in [-0.25, -0.2) is 0 Å². The first-order chi connectivity index (χ1) is 7.08. The molecule has 1 unspecified atom stereocenters. The van der Waals surface area contributed by atoms with E-state index in [1.807, 2.05) is 19.1 Å². The zero-order valence-corrected chi connectivity index (χ0v) is 10.3. The molecule has 1 aromatic heterocycles.